The number of rotatable bonds is 7. The van der Waals surface area contributed by atoms with E-state index in [1.165, 1.54) is 11.1 Å². The van der Waals surface area contributed by atoms with Crippen LogP contribution in [-0.4, -0.2) is 13.7 Å². The maximum absolute atomic E-state index is 5.97. The summed E-state index contributed by atoms with van der Waals surface area (Å²) in [6, 6.07) is 14.2. The first-order chi connectivity index (χ1) is 10.3. The molecule has 0 aliphatic heterocycles. The Hall–Kier alpha value is -2.00. The van der Waals surface area contributed by atoms with Gasteiger partial charge >= 0.3 is 0 Å². The number of nitrogens with one attached hydrogen (secondary N) is 1. The molecule has 3 nitrogen and oxygen atoms in total. The van der Waals surface area contributed by atoms with E-state index in [1.807, 2.05) is 24.3 Å². The molecule has 2 rings (SSSR count). The minimum absolute atomic E-state index is 0.746. The molecule has 0 aliphatic carbocycles. The zero-order valence-corrected chi connectivity index (χ0v) is 13.0. The smallest absolute Gasteiger partial charge is 0.169 e. The van der Waals surface area contributed by atoms with E-state index in [9.17, 15) is 0 Å². The summed E-state index contributed by atoms with van der Waals surface area (Å²) in [6.45, 7) is 6.02. The van der Waals surface area contributed by atoms with E-state index in [4.69, 9.17) is 9.47 Å². The summed E-state index contributed by atoms with van der Waals surface area (Å²) >= 11 is 0. The molecular formula is C18H23NO2. The average Bonchev–Trinajstić information content (AvgIpc) is 2.53. The Labute approximate surface area is 126 Å². The van der Waals surface area contributed by atoms with Crippen molar-refractivity contribution in [3.8, 4) is 17.2 Å². The van der Waals surface area contributed by atoms with Gasteiger partial charge in [0.15, 0.2) is 11.5 Å². The molecule has 1 N–H and O–H groups in total. The van der Waals surface area contributed by atoms with E-state index in [-0.39, 0.29) is 0 Å². The Balaban J connectivity index is 2.17. The summed E-state index contributed by atoms with van der Waals surface area (Å²) in [4.78, 5) is 0. The highest BCUT2D eigenvalue weighted by Crippen LogP contribution is 2.32. The zero-order valence-electron chi connectivity index (χ0n) is 13.0. The summed E-state index contributed by atoms with van der Waals surface area (Å²) in [6.07, 6.45) is 0.981. The molecule has 0 fully saturated rings. The molecule has 0 spiro atoms. The van der Waals surface area contributed by atoms with Crippen LogP contribution in [0.5, 0.6) is 17.2 Å². The first kappa shape index (κ1) is 15.4. The van der Waals surface area contributed by atoms with Crippen LogP contribution in [0.2, 0.25) is 0 Å². The van der Waals surface area contributed by atoms with Crippen molar-refractivity contribution in [1.82, 2.24) is 5.32 Å². The summed E-state index contributed by atoms with van der Waals surface area (Å²) in [7, 11) is 1.67. The lowest BCUT2D eigenvalue weighted by Crippen LogP contribution is -2.11. The second-order valence-electron chi connectivity index (χ2n) is 4.87. The van der Waals surface area contributed by atoms with Gasteiger partial charge in [-0.05, 0) is 48.4 Å². The van der Waals surface area contributed by atoms with Crippen molar-refractivity contribution in [3.63, 3.8) is 0 Å². The molecule has 0 aliphatic rings. The van der Waals surface area contributed by atoms with Gasteiger partial charge in [0, 0.05) is 6.54 Å². The van der Waals surface area contributed by atoms with Crippen LogP contribution in [0.15, 0.2) is 42.5 Å². The minimum Gasteiger partial charge on any atom is -0.493 e. The lowest BCUT2D eigenvalue weighted by Gasteiger charge is -2.12. The quantitative estimate of drug-likeness (QED) is 0.828. The van der Waals surface area contributed by atoms with Gasteiger partial charge < -0.3 is 14.8 Å². The third kappa shape index (κ3) is 4.23. The van der Waals surface area contributed by atoms with Crippen LogP contribution in [0.25, 0.3) is 0 Å². The highest BCUT2D eigenvalue weighted by molar-refractivity contribution is 5.45. The van der Waals surface area contributed by atoms with Gasteiger partial charge in [-0.1, -0.05) is 32.0 Å². The van der Waals surface area contributed by atoms with Crippen LogP contribution < -0.4 is 14.8 Å². The van der Waals surface area contributed by atoms with E-state index >= 15 is 0 Å². The van der Waals surface area contributed by atoms with Gasteiger partial charge in [0.1, 0.15) is 5.75 Å². The van der Waals surface area contributed by atoms with E-state index in [0.717, 1.165) is 36.8 Å². The van der Waals surface area contributed by atoms with Crippen molar-refractivity contribution in [3.05, 3.63) is 53.6 Å². The molecule has 2 aromatic rings. The molecule has 0 heterocycles. The monoisotopic (exact) mass is 285 g/mol. The molecule has 2 aromatic carbocycles. The lowest BCUT2D eigenvalue weighted by molar-refractivity contribution is 0.378. The largest absolute Gasteiger partial charge is 0.493 e. The van der Waals surface area contributed by atoms with Gasteiger partial charge in [0.2, 0.25) is 0 Å². The topological polar surface area (TPSA) is 30.5 Å². The number of aryl methyl sites for hydroxylation is 1. The average molecular weight is 285 g/mol. The van der Waals surface area contributed by atoms with Gasteiger partial charge in [-0.3, -0.25) is 0 Å². The zero-order chi connectivity index (χ0) is 15.1. The summed E-state index contributed by atoms with van der Waals surface area (Å²) in [5.41, 5.74) is 2.44. The third-order valence-electron chi connectivity index (χ3n) is 3.34. The molecule has 0 bridgehead atoms. The normalized spacial score (nSPS) is 10.4. The Bertz CT molecular complexity index is 581. The summed E-state index contributed by atoms with van der Waals surface area (Å²) < 4.78 is 11.4. The Morgan fingerprint density at radius 1 is 0.952 bits per heavy atom. The van der Waals surface area contributed by atoms with Gasteiger partial charge in [0.05, 0.1) is 7.11 Å². The summed E-state index contributed by atoms with van der Waals surface area (Å²) in [5.74, 6) is 2.34. The molecule has 0 amide bonds. The van der Waals surface area contributed by atoms with Crippen LogP contribution >= 0.6 is 0 Å². The molecule has 0 saturated heterocycles. The van der Waals surface area contributed by atoms with Crippen LogP contribution in [0, 0.1) is 0 Å². The third-order valence-corrected chi connectivity index (χ3v) is 3.34. The second-order valence-corrected chi connectivity index (χ2v) is 4.87. The Kier molecular flexibility index (Phi) is 5.64. The lowest BCUT2D eigenvalue weighted by atomic mass is 10.1. The molecule has 0 unspecified atom stereocenters. The Morgan fingerprint density at radius 2 is 1.81 bits per heavy atom. The molecule has 0 atom stereocenters. The SMILES string of the molecule is CCNCc1cccc(Oc2ccc(CC)cc2OC)c1. The van der Waals surface area contributed by atoms with Crippen LogP contribution in [0.1, 0.15) is 25.0 Å². The molecule has 0 radical (unpaired) electrons. The molecule has 3 heteroatoms. The first-order valence-corrected chi connectivity index (χ1v) is 7.41. The standard InChI is InChI=1S/C18H23NO2/c1-4-14-9-10-17(18(12-14)20-3)21-16-8-6-7-15(11-16)13-19-5-2/h6-12,19H,4-5,13H2,1-3H3. The predicted octanol–water partition coefficient (Wildman–Crippen LogP) is 4.16. The van der Waals surface area contributed by atoms with Gasteiger partial charge in [-0.2, -0.15) is 0 Å². The summed E-state index contributed by atoms with van der Waals surface area (Å²) in [5, 5.41) is 3.31. The van der Waals surface area contributed by atoms with Crippen LogP contribution in [0.3, 0.4) is 0 Å². The fraction of sp³-hybridized carbons (Fsp3) is 0.333. The van der Waals surface area contributed by atoms with Crippen molar-refractivity contribution in [2.24, 2.45) is 0 Å². The fourth-order valence-electron chi connectivity index (χ4n) is 2.13. The van der Waals surface area contributed by atoms with Crippen molar-refractivity contribution < 1.29 is 9.47 Å². The molecule has 0 saturated carbocycles. The van der Waals surface area contributed by atoms with E-state index in [0.29, 0.717) is 0 Å². The van der Waals surface area contributed by atoms with E-state index in [1.54, 1.807) is 7.11 Å². The van der Waals surface area contributed by atoms with Crippen molar-refractivity contribution in [2.75, 3.05) is 13.7 Å². The number of benzene rings is 2. The highest BCUT2D eigenvalue weighted by Gasteiger charge is 2.07. The number of hydrogen-bond acceptors (Lipinski definition) is 3. The van der Waals surface area contributed by atoms with Gasteiger partial charge in [0.25, 0.3) is 0 Å². The number of methoxy groups -OCH3 is 1. The minimum atomic E-state index is 0.746. The van der Waals surface area contributed by atoms with Crippen LogP contribution in [0.4, 0.5) is 0 Å². The van der Waals surface area contributed by atoms with E-state index in [2.05, 4.69) is 37.4 Å². The molecule has 0 aromatic heterocycles. The molecular weight excluding hydrogens is 262 g/mol. The predicted molar refractivity (Wildman–Crippen MR) is 86.3 cm³/mol. The fourth-order valence-corrected chi connectivity index (χ4v) is 2.13. The Morgan fingerprint density at radius 3 is 2.52 bits per heavy atom. The first-order valence-electron chi connectivity index (χ1n) is 7.41. The maximum Gasteiger partial charge on any atom is 0.169 e. The van der Waals surface area contributed by atoms with Crippen molar-refractivity contribution in [2.45, 2.75) is 26.8 Å². The number of hydrogen-bond donors (Lipinski definition) is 1. The second kappa shape index (κ2) is 7.70. The van der Waals surface area contributed by atoms with Gasteiger partial charge in [-0.15, -0.1) is 0 Å². The number of ether oxygens (including phenoxy) is 2. The highest BCUT2D eigenvalue weighted by atomic mass is 16.5. The van der Waals surface area contributed by atoms with Gasteiger partial charge in [-0.25, -0.2) is 0 Å². The van der Waals surface area contributed by atoms with Crippen LogP contribution in [-0.2, 0) is 13.0 Å². The van der Waals surface area contributed by atoms with Crippen molar-refractivity contribution in [1.29, 1.82) is 0 Å². The van der Waals surface area contributed by atoms with E-state index < -0.39 is 0 Å². The maximum atomic E-state index is 5.97. The molecule has 21 heavy (non-hydrogen) atoms. The van der Waals surface area contributed by atoms with Crippen molar-refractivity contribution >= 4 is 0 Å². The molecule has 112 valence electrons.